The number of hydrogen-bond acceptors (Lipinski definition) is 4. The van der Waals surface area contributed by atoms with Crippen molar-refractivity contribution in [1.29, 1.82) is 0 Å². The Morgan fingerprint density at radius 1 is 1.13 bits per heavy atom. The molecule has 0 spiro atoms. The van der Waals surface area contributed by atoms with E-state index in [0.717, 1.165) is 55.3 Å². The Balaban J connectivity index is 1.38. The van der Waals surface area contributed by atoms with Gasteiger partial charge < -0.3 is 15.0 Å². The minimum absolute atomic E-state index is 0.0125. The van der Waals surface area contributed by atoms with Crippen LogP contribution in [-0.4, -0.2) is 47.1 Å². The fourth-order valence-electron chi connectivity index (χ4n) is 3.39. The lowest BCUT2D eigenvalue weighted by Gasteiger charge is -2.25. The number of amides is 1. The number of fused-ring (bicyclic) bond motifs is 1. The number of hydrogen-bond donors (Lipinski definition) is 2. The molecule has 0 atom stereocenters. The molecule has 30 heavy (non-hydrogen) atoms. The smallest absolute Gasteiger partial charge is 0.379 e. The van der Waals surface area contributed by atoms with Gasteiger partial charge in [0.15, 0.2) is 0 Å². The van der Waals surface area contributed by atoms with Crippen LogP contribution in [0.1, 0.15) is 17.0 Å². The Labute approximate surface area is 171 Å². The van der Waals surface area contributed by atoms with Crippen LogP contribution in [0.4, 0.5) is 18.9 Å². The molecule has 0 aliphatic carbocycles. The van der Waals surface area contributed by atoms with E-state index in [-0.39, 0.29) is 12.3 Å². The predicted molar refractivity (Wildman–Crippen MR) is 106 cm³/mol. The lowest BCUT2D eigenvalue weighted by molar-refractivity contribution is -0.137. The molecule has 1 amide bonds. The predicted octanol–water partition coefficient (Wildman–Crippen LogP) is 3.60. The number of aromatic nitrogens is 2. The quantitative estimate of drug-likeness (QED) is 0.664. The summed E-state index contributed by atoms with van der Waals surface area (Å²) >= 11 is 0. The standard InChI is InChI=1S/C21H21F3N4O2/c22-21(23,24)15-3-1-14(2-4-15)11-20(29)25-16-5-6-17-18(12-16)27-19(26-17)13-28-7-9-30-10-8-28/h1-6,12H,7-11,13H2,(H,25,29)(H,26,27). The van der Waals surface area contributed by atoms with E-state index >= 15 is 0 Å². The summed E-state index contributed by atoms with van der Waals surface area (Å²) in [5.41, 5.74) is 1.99. The van der Waals surface area contributed by atoms with Crippen molar-refractivity contribution in [3.8, 4) is 0 Å². The van der Waals surface area contributed by atoms with Crippen molar-refractivity contribution < 1.29 is 22.7 Å². The van der Waals surface area contributed by atoms with Gasteiger partial charge in [-0.05, 0) is 35.9 Å². The largest absolute Gasteiger partial charge is 0.416 e. The van der Waals surface area contributed by atoms with Crippen molar-refractivity contribution in [3.63, 3.8) is 0 Å². The maximum Gasteiger partial charge on any atom is 0.416 e. The number of nitrogens with zero attached hydrogens (tertiary/aromatic N) is 2. The molecule has 2 N–H and O–H groups in total. The van der Waals surface area contributed by atoms with E-state index in [4.69, 9.17) is 4.74 Å². The average Bonchev–Trinajstić information content (AvgIpc) is 3.10. The summed E-state index contributed by atoms with van der Waals surface area (Å²) in [5, 5.41) is 2.78. The Morgan fingerprint density at radius 3 is 2.57 bits per heavy atom. The van der Waals surface area contributed by atoms with Gasteiger partial charge in [0, 0.05) is 18.8 Å². The number of carbonyl (C=O) groups excluding carboxylic acids is 1. The molecule has 158 valence electrons. The topological polar surface area (TPSA) is 70.2 Å². The molecule has 0 unspecified atom stereocenters. The minimum Gasteiger partial charge on any atom is -0.379 e. The molecule has 9 heteroatoms. The van der Waals surface area contributed by atoms with Gasteiger partial charge in [-0.1, -0.05) is 12.1 Å². The number of rotatable bonds is 5. The van der Waals surface area contributed by atoms with Gasteiger partial charge in [0.05, 0.1) is 42.8 Å². The zero-order valence-electron chi connectivity index (χ0n) is 16.1. The van der Waals surface area contributed by atoms with Crippen LogP contribution in [0.15, 0.2) is 42.5 Å². The summed E-state index contributed by atoms with van der Waals surface area (Å²) in [6.07, 6.45) is -4.40. The summed E-state index contributed by atoms with van der Waals surface area (Å²) < 4.78 is 43.3. The number of ether oxygens (including phenoxy) is 1. The number of H-pyrrole nitrogens is 1. The molecule has 2 aromatic carbocycles. The van der Waals surface area contributed by atoms with Crippen LogP contribution in [0, 0.1) is 0 Å². The highest BCUT2D eigenvalue weighted by Crippen LogP contribution is 2.29. The Bertz CT molecular complexity index is 1020. The van der Waals surface area contributed by atoms with E-state index in [2.05, 4.69) is 20.2 Å². The number of morpholine rings is 1. The number of carbonyl (C=O) groups is 1. The zero-order valence-corrected chi connectivity index (χ0v) is 16.1. The summed E-state index contributed by atoms with van der Waals surface area (Å²) in [4.78, 5) is 22.4. The van der Waals surface area contributed by atoms with Crippen LogP contribution in [0.5, 0.6) is 0 Å². The molecule has 0 bridgehead atoms. The van der Waals surface area contributed by atoms with Crippen LogP contribution in [-0.2, 0) is 28.7 Å². The number of anilines is 1. The van der Waals surface area contributed by atoms with E-state index in [1.165, 1.54) is 12.1 Å². The van der Waals surface area contributed by atoms with Crippen LogP contribution >= 0.6 is 0 Å². The van der Waals surface area contributed by atoms with Crippen molar-refractivity contribution >= 4 is 22.6 Å². The molecule has 1 aliphatic rings. The minimum atomic E-state index is -4.39. The van der Waals surface area contributed by atoms with E-state index in [0.29, 0.717) is 17.8 Å². The van der Waals surface area contributed by atoms with Crippen molar-refractivity contribution in [2.45, 2.75) is 19.1 Å². The molecule has 6 nitrogen and oxygen atoms in total. The molecular weight excluding hydrogens is 397 g/mol. The Morgan fingerprint density at radius 2 is 1.87 bits per heavy atom. The highest BCUT2D eigenvalue weighted by molar-refractivity contribution is 5.94. The fourth-order valence-corrected chi connectivity index (χ4v) is 3.39. The highest BCUT2D eigenvalue weighted by Gasteiger charge is 2.30. The van der Waals surface area contributed by atoms with Gasteiger partial charge in [0.2, 0.25) is 5.91 Å². The van der Waals surface area contributed by atoms with Crippen molar-refractivity contribution in [1.82, 2.24) is 14.9 Å². The molecule has 2 heterocycles. The molecule has 4 rings (SSSR count). The summed E-state index contributed by atoms with van der Waals surface area (Å²) in [6, 6.07) is 9.98. The van der Waals surface area contributed by atoms with Crippen molar-refractivity contribution in [2.24, 2.45) is 0 Å². The molecule has 1 aromatic heterocycles. The first-order chi connectivity index (χ1) is 14.4. The first-order valence-corrected chi connectivity index (χ1v) is 9.61. The van der Waals surface area contributed by atoms with Crippen LogP contribution in [0.25, 0.3) is 11.0 Å². The van der Waals surface area contributed by atoms with Gasteiger partial charge in [0.25, 0.3) is 0 Å². The Hall–Kier alpha value is -2.91. The third kappa shape index (κ3) is 4.98. The average molecular weight is 418 g/mol. The summed E-state index contributed by atoms with van der Waals surface area (Å²) in [7, 11) is 0. The van der Waals surface area contributed by atoms with Gasteiger partial charge in [-0.25, -0.2) is 4.98 Å². The summed E-state index contributed by atoms with van der Waals surface area (Å²) in [5.74, 6) is 0.544. The van der Waals surface area contributed by atoms with Gasteiger partial charge >= 0.3 is 6.18 Å². The lowest BCUT2D eigenvalue weighted by atomic mass is 10.1. The number of alkyl halides is 3. The SMILES string of the molecule is O=C(Cc1ccc(C(F)(F)F)cc1)Nc1ccc2nc(CN3CCOCC3)[nH]c2c1. The number of nitrogens with one attached hydrogen (secondary N) is 2. The molecule has 1 saturated heterocycles. The highest BCUT2D eigenvalue weighted by atomic mass is 19.4. The molecule has 0 radical (unpaired) electrons. The van der Waals surface area contributed by atoms with E-state index < -0.39 is 11.7 Å². The van der Waals surface area contributed by atoms with E-state index in [9.17, 15) is 18.0 Å². The van der Waals surface area contributed by atoms with E-state index in [1.807, 2.05) is 6.07 Å². The van der Waals surface area contributed by atoms with Crippen LogP contribution < -0.4 is 5.32 Å². The molecule has 3 aromatic rings. The maximum atomic E-state index is 12.6. The molecule has 1 fully saturated rings. The molecular formula is C21H21F3N4O2. The second-order valence-corrected chi connectivity index (χ2v) is 7.22. The lowest BCUT2D eigenvalue weighted by Crippen LogP contribution is -2.35. The fraction of sp³-hybridized carbons (Fsp3) is 0.333. The third-order valence-corrected chi connectivity index (χ3v) is 4.94. The maximum absolute atomic E-state index is 12.6. The number of benzene rings is 2. The number of halogens is 3. The molecule has 0 saturated carbocycles. The monoisotopic (exact) mass is 418 g/mol. The number of aromatic amines is 1. The van der Waals surface area contributed by atoms with Gasteiger partial charge in [-0.15, -0.1) is 0 Å². The van der Waals surface area contributed by atoms with Crippen molar-refractivity contribution in [2.75, 3.05) is 31.6 Å². The normalized spacial score (nSPS) is 15.4. The Kier molecular flexibility index (Phi) is 5.74. The van der Waals surface area contributed by atoms with Crippen LogP contribution in [0.2, 0.25) is 0 Å². The van der Waals surface area contributed by atoms with Crippen molar-refractivity contribution in [3.05, 3.63) is 59.4 Å². The van der Waals surface area contributed by atoms with Gasteiger partial charge in [0.1, 0.15) is 5.82 Å². The first-order valence-electron chi connectivity index (χ1n) is 9.61. The first kappa shape index (κ1) is 20.4. The van der Waals surface area contributed by atoms with Crippen LogP contribution in [0.3, 0.4) is 0 Å². The van der Waals surface area contributed by atoms with Gasteiger partial charge in [-0.2, -0.15) is 13.2 Å². The summed E-state index contributed by atoms with van der Waals surface area (Å²) in [6.45, 7) is 3.86. The van der Waals surface area contributed by atoms with Gasteiger partial charge in [-0.3, -0.25) is 9.69 Å². The third-order valence-electron chi connectivity index (χ3n) is 4.94. The number of imidazole rings is 1. The van der Waals surface area contributed by atoms with E-state index in [1.54, 1.807) is 12.1 Å². The zero-order chi connectivity index (χ0) is 21.1. The second kappa shape index (κ2) is 8.45. The second-order valence-electron chi connectivity index (χ2n) is 7.22. The molecule has 1 aliphatic heterocycles.